The minimum absolute atomic E-state index is 0.173. The Morgan fingerprint density at radius 2 is 1.88 bits per heavy atom. The summed E-state index contributed by atoms with van der Waals surface area (Å²) < 4.78 is 4.79. The van der Waals surface area contributed by atoms with Crippen LogP contribution in [-0.4, -0.2) is 18.6 Å². The van der Waals surface area contributed by atoms with Gasteiger partial charge in [0.1, 0.15) is 0 Å². The third-order valence-corrected chi connectivity index (χ3v) is 3.60. The van der Waals surface area contributed by atoms with E-state index in [-0.39, 0.29) is 11.9 Å². The highest BCUT2D eigenvalue weighted by atomic mass is 35.5. The van der Waals surface area contributed by atoms with Crippen molar-refractivity contribution >= 4 is 29.3 Å². The number of carbonyl (C=O) groups is 2. The number of halogens is 1. The smallest absolute Gasteiger partial charge is 0.411 e. The van der Waals surface area contributed by atoms with Crippen LogP contribution >= 0.6 is 11.6 Å². The van der Waals surface area contributed by atoms with Crippen molar-refractivity contribution in [3.05, 3.63) is 64.7 Å². The first-order valence-corrected chi connectivity index (χ1v) is 7.97. The molecule has 0 unspecified atom stereocenters. The maximum Gasteiger partial charge on any atom is 0.411 e. The first kappa shape index (κ1) is 17.8. The van der Waals surface area contributed by atoms with Crippen LogP contribution in [-0.2, 0) is 4.74 Å². The second-order valence-electron chi connectivity index (χ2n) is 5.17. The lowest BCUT2D eigenvalue weighted by Gasteiger charge is -2.15. The average Bonchev–Trinajstić information content (AvgIpc) is 2.55. The summed E-state index contributed by atoms with van der Waals surface area (Å²) in [7, 11) is 0. The molecule has 2 amide bonds. The normalized spacial score (nSPS) is 11.5. The monoisotopic (exact) mass is 346 g/mol. The number of hydrogen-bond acceptors (Lipinski definition) is 3. The first-order valence-electron chi connectivity index (χ1n) is 7.59. The third-order valence-electron chi connectivity index (χ3n) is 3.37. The summed E-state index contributed by atoms with van der Waals surface area (Å²) in [4.78, 5) is 23.6. The van der Waals surface area contributed by atoms with Crippen LogP contribution in [0.4, 0.5) is 10.5 Å². The fraction of sp³-hybridized carbons (Fsp3) is 0.222. The number of amides is 2. The maximum absolute atomic E-state index is 12.3. The molecule has 0 bridgehead atoms. The highest BCUT2D eigenvalue weighted by Crippen LogP contribution is 2.18. The van der Waals surface area contributed by atoms with E-state index >= 15 is 0 Å². The number of anilines is 1. The molecule has 6 heteroatoms. The molecular weight excluding hydrogens is 328 g/mol. The lowest BCUT2D eigenvalue weighted by molar-refractivity contribution is 0.0940. The molecule has 0 aliphatic heterocycles. The Morgan fingerprint density at radius 1 is 1.17 bits per heavy atom. The van der Waals surface area contributed by atoms with E-state index < -0.39 is 6.09 Å². The highest BCUT2D eigenvalue weighted by Gasteiger charge is 2.12. The van der Waals surface area contributed by atoms with E-state index in [2.05, 4.69) is 10.6 Å². The molecule has 0 heterocycles. The van der Waals surface area contributed by atoms with Gasteiger partial charge in [0.2, 0.25) is 0 Å². The molecule has 0 spiro atoms. The number of hydrogen-bond donors (Lipinski definition) is 2. The molecule has 0 aliphatic rings. The van der Waals surface area contributed by atoms with Crippen molar-refractivity contribution in [1.82, 2.24) is 5.32 Å². The Kier molecular flexibility index (Phi) is 6.21. The third kappa shape index (κ3) is 4.99. The second-order valence-corrected chi connectivity index (χ2v) is 5.61. The molecule has 2 aromatic rings. The van der Waals surface area contributed by atoms with Crippen molar-refractivity contribution in [3.8, 4) is 0 Å². The molecule has 2 N–H and O–H groups in total. The minimum atomic E-state index is -0.524. The molecule has 126 valence electrons. The van der Waals surface area contributed by atoms with E-state index in [1.165, 1.54) is 0 Å². The van der Waals surface area contributed by atoms with Gasteiger partial charge in [-0.1, -0.05) is 23.7 Å². The molecule has 0 aromatic heterocycles. The quantitative estimate of drug-likeness (QED) is 0.843. The van der Waals surface area contributed by atoms with Gasteiger partial charge in [0.15, 0.2) is 0 Å². The van der Waals surface area contributed by atoms with E-state index in [1.54, 1.807) is 37.3 Å². The second kappa shape index (κ2) is 8.36. The van der Waals surface area contributed by atoms with Crippen molar-refractivity contribution in [1.29, 1.82) is 0 Å². The van der Waals surface area contributed by atoms with Gasteiger partial charge >= 0.3 is 6.09 Å². The Morgan fingerprint density at radius 3 is 2.50 bits per heavy atom. The fourth-order valence-corrected chi connectivity index (χ4v) is 2.33. The van der Waals surface area contributed by atoms with Crippen LogP contribution in [0.3, 0.4) is 0 Å². The number of benzene rings is 2. The molecule has 0 radical (unpaired) electrons. The fourth-order valence-electron chi connectivity index (χ4n) is 2.13. The zero-order chi connectivity index (χ0) is 17.5. The van der Waals surface area contributed by atoms with E-state index in [0.29, 0.717) is 22.9 Å². The van der Waals surface area contributed by atoms with Crippen molar-refractivity contribution in [2.45, 2.75) is 19.9 Å². The Labute approximate surface area is 146 Å². The van der Waals surface area contributed by atoms with E-state index in [9.17, 15) is 9.59 Å². The number of ether oxygens (including phenoxy) is 1. The SMILES string of the molecule is CCOC(=O)Nc1ccc(C(=O)N[C@H](C)c2cccc(Cl)c2)cc1. The van der Waals surface area contributed by atoms with Gasteiger partial charge in [-0.2, -0.15) is 0 Å². The van der Waals surface area contributed by atoms with Gasteiger partial charge in [-0.15, -0.1) is 0 Å². The van der Waals surface area contributed by atoms with E-state index in [0.717, 1.165) is 5.56 Å². The van der Waals surface area contributed by atoms with Crippen LogP contribution in [0.2, 0.25) is 5.02 Å². The summed E-state index contributed by atoms with van der Waals surface area (Å²) in [6.45, 7) is 3.92. The lowest BCUT2D eigenvalue weighted by atomic mass is 10.1. The predicted molar refractivity (Wildman–Crippen MR) is 94.4 cm³/mol. The number of carbonyl (C=O) groups excluding carboxylic acids is 2. The molecule has 24 heavy (non-hydrogen) atoms. The van der Waals surface area contributed by atoms with Crippen LogP contribution in [0.5, 0.6) is 0 Å². The summed E-state index contributed by atoms with van der Waals surface area (Å²) in [6.07, 6.45) is -0.524. The molecule has 0 aliphatic carbocycles. The van der Waals surface area contributed by atoms with Crippen LogP contribution in [0.15, 0.2) is 48.5 Å². The van der Waals surface area contributed by atoms with Crippen LogP contribution in [0.25, 0.3) is 0 Å². The van der Waals surface area contributed by atoms with Gasteiger partial charge in [0, 0.05) is 16.3 Å². The van der Waals surface area contributed by atoms with Crippen molar-refractivity contribution in [2.24, 2.45) is 0 Å². The number of rotatable bonds is 5. The van der Waals surface area contributed by atoms with Crippen molar-refractivity contribution in [3.63, 3.8) is 0 Å². The zero-order valence-corrected chi connectivity index (χ0v) is 14.3. The molecule has 2 aromatic carbocycles. The molecule has 2 rings (SSSR count). The Bertz CT molecular complexity index is 716. The first-order chi connectivity index (χ1) is 11.5. The van der Waals surface area contributed by atoms with Gasteiger partial charge in [-0.25, -0.2) is 4.79 Å². The summed E-state index contributed by atoms with van der Waals surface area (Å²) in [5.74, 6) is -0.204. The van der Waals surface area contributed by atoms with Gasteiger partial charge in [-0.05, 0) is 55.8 Å². The highest BCUT2D eigenvalue weighted by molar-refractivity contribution is 6.30. The summed E-state index contributed by atoms with van der Waals surface area (Å²) in [5, 5.41) is 6.11. The topological polar surface area (TPSA) is 67.4 Å². The molecular formula is C18H19ClN2O3. The van der Waals surface area contributed by atoms with Crippen molar-refractivity contribution in [2.75, 3.05) is 11.9 Å². The molecule has 5 nitrogen and oxygen atoms in total. The Hall–Kier alpha value is -2.53. The maximum atomic E-state index is 12.3. The average molecular weight is 347 g/mol. The molecule has 1 atom stereocenters. The largest absolute Gasteiger partial charge is 0.450 e. The minimum Gasteiger partial charge on any atom is -0.450 e. The molecule has 0 saturated heterocycles. The molecule has 0 saturated carbocycles. The summed E-state index contributed by atoms with van der Waals surface area (Å²) in [6, 6.07) is 13.8. The van der Waals surface area contributed by atoms with Gasteiger partial charge in [0.25, 0.3) is 5.91 Å². The van der Waals surface area contributed by atoms with Crippen LogP contribution in [0.1, 0.15) is 35.8 Å². The van der Waals surface area contributed by atoms with E-state index in [1.807, 2.05) is 25.1 Å². The Balaban J connectivity index is 1.98. The summed E-state index contributed by atoms with van der Waals surface area (Å²) in [5.41, 5.74) is 1.99. The van der Waals surface area contributed by atoms with Crippen LogP contribution < -0.4 is 10.6 Å². The summed E-state index contributed by atoms with van der Waals surface area (Å²) >= 11 is 5.97. The predicted octanol–water partition coefficient (Wildman–Crippen LogP) is 4.40. The van der Waals surface area contributed by atoms with E-state index in [4.69, 9.17) is 16.3 Å². The number of nitrogens with one attached hydrogen (secondary N) is 2. The van der Waals surface area contributed by atoms with Crippen LogP contribution in [0, 0.1) is 0 Å². The standard InChI is InChI=1S/C18H19ClN2O3/c1-3-24-18(23)21-16-9-7-13(8-10-16)17(22)20-12(2)14-5-4-6-15(19)11-14/h4-12H,3H2,1-2H3,(H,20,22)(H,21,23)/t12-/m1/s1. The van der Waals surface area contributed by atoms with Gasteiger partial charge in [-0.3, -0.25) is 10.1 Å². The van der Waals surface area contributed by atoms with Crippen molar-refractivity contribution < 1.29 is 14.3 Å². The zero-order valence-electron chi connectivity index (χ0n) is 13.5. The molecule has 0 fully saturated rings. The lowest BCUT2D eigenvalue weighted by Crippen LogP contribution is -2.26. The van der Waals surface area contributed by atoms with Gasteiger partial charge in [0.05, 0.1) is 12.6 Å². The van der Waals surface area contributed by atoms with Gasteiger partial charge < -0.3 is 10.1 Å².